The quantitative estimate of drug-likeness (QED) is 0.734. The maximum Gasteiger partial charge on any atom is 0.00952 e. The molecule has 1 rings (SSSR count). The van der Waals surface area contributed by atoms with Crippen LogP contribution in [-0.2, 0) is 0 Å². The highest BCUT2D eigenvalue weighted by molar-refractivity contribution is 4.79. The van der Waals surface area contributed by atoms with Gasteiger partial charge in [-0.2, -0.15) is 0 Å². The van der Waals surface area contributed by atoms with Crippen molar-refractivity contribution in [3.05, 3.63) is 0 Å². The minimum atomic E-state index is 0.324. The molecular formula is C12H26N2. The molecule has 2 nitrogen and oxygen atoms in total. The first-order chi connectivity index (χ1) is 6.65. The molecule has 0 aromatic rings. The van der Waals surface area contributed by atoms with Gasteiger partial charge in [-0.15, -0.1) is 0 Å². The summed E-state index contributed by atoms with van der Waals surface area (Å²) in [6.45, 7) is 9.02. The Labute approximate surface area is 88.8 Å². The summed E-state index contributed by atoms with van der Waals surface area (Å²) in [4.78, 5) is 2.63. The van der Waals surface area contributed by atoms with Crippen molar-refractivity contribution in [1.29, 1.82) is 0 Å². The second kappa shape index (κ2) is 5.72. The van der Waals surface area contributed by atoms with E-state index in [4.69, 9.17) is 5.73 Å². The summed E-state index contributed by atoms with van der Waals surface area (Å²) in [5, 5.41) is 0. The van der Waals surface area contributed by atoms with Gasteiger partial charge in [0.2, 0.25) is 0 Å². The van der Waals surface area contributed by atoms with E-state index in [0.29, 0.717) is 12.0 Å². The molecule has 2 atom stereocenters. The number of hydrogen-bond acceptors (Lipinski definition) is 2. The summed E-state index contributed by atoms with van der Waals surface area (Å²) in [7, 11) is 0. The molecule has 0 bridgehead atoms. The highest BCUT2D eigenvalue weighted by atomic mass is 15.2. The zero-order valence-corrected chi connectivity index (χ0v) is 10.00. The lowest BCUT2D eigenvalue weighted by atomic mass is 10.0. The van der Waals surface area contributed by atoms with Crippen LogP contribution in [-0.4, -0.2) is 30.1 Å². The highest BCUT2D eigenvalue weighted by Crippen LogP contribution is 2.24. The van der Waals surface area contributed by atoms with Crippen LogP contribution in [0, 0.1) is 5.92 Å². The van der Waals surface area contributed by atoms with Crippen LogP contribution >= 0.6 is 0 Å². The molecule has 0 aromatic carbocycles. The highest BCUT2D eigenvalue weighted by Gasteiger charge is 2.23. The van der Waals surface area contributed by atoms with E-state index in [1.807, 2.05) is 0 Å². The molecule has 1 fully saturated rings. The minimum Gasteiger partial charge on any atom is -0.328 e. The monoisotopic (exact) mass is 198 g/mol. The van der Waals surface area contributed by atoms with Gasteiger partial charge in [-0.05, 0) is 32.2 Å². The summed E-state index contributed by atoms with van der Waals surface area (Å²) in [5.74, 6) is 0.621. The number of rotatable bonds is 5. The van der Waals surface area contributed by atoms with Crippen LogP contribution in [0.4, 0.5) is 0 Å². The average Bonchev–Trinajstić information content (AvgIpc) is 2.66. The number of nitrogens with zero attached hydrogens (tertiary/aromatic N) is 1. The van der Waals surface area contributed by atoms with Crippen molar-refractivity contribution in [2.24, 2.45) is 11.7 Å². The van der Waals surface area contributed by atoms with Gasteiger partial charge in [0.05, 0.1) is 0 Å². The normalized spacial score (nSPS) is 22.9. The molecule has 0 radical (unpaired) electrons. The van der Waals surface area contributed by atoms with Crippen molar-refractivity contribution >= 4 is 0 Å². The Kier molecular flexibility index (Phi) is 4.90. The lowest BCUT2D eigenvalue weighted by Gasteiger charge is -2.31. The van der Waals surface area contributed by atoms with Gasteiger partial charge in [-0.25, -0.2) is 0 Å². The predicted octanol–water partition coefficient (Wildman–Crippen LogP) is 2.23. The summed E-state index contributed by atoms with van der Waals surface area (Å²) >= 11 is 0. The van der Waals surface area contributed by atoms with E-state index in [-0.39, 0.29) is 0 Å². The second-order valence-electron chi connectivity index (χ2n) is 4.86. The number of hydrogen-bond donors (Lipinski definition) is 1. The molecule has 0 saturated heterocycles. The Bertz CT molecular complexity index is 150. The fourth-order valence-corrected chi connectivity index (χ4v) is 2.34. The molecule has 0 aromatic heterocycles. The molecular weight excluding hydrogens is 172 g/mol. The van der Waals surface area contributed by atoms with Crippen molar-refractivity contribution in [3.8, 4) is 0 Å². The van der Waals surface area contributed by atoms with Gasteiger partial charge >= 0.3 is 0 Å². The standard InChI is InChI=1S/C12H26N2/c1-4-14(9-10(2)11(3)13)12-7-5-6-8-12/h10-12H,4-9,13H2,1-3H3. The molecule has 0 heterocycles. The molecule has 0 spiro atoms. The van der Waals surface area contributed by atoms with E-state index >= 15 is 0 Å². The Morgan fingerprint density at radius 3 is 2.29 bits per heavy atom. The van der Waals surface area contributed by atoms with Crippen molar-refractivity contribution in [2.45, 2.75) is 58.5 Å². The molecule has 1 saturated carbocycles. The van der Waals surface area contributed by atoms with Gasteiger partial charge in [-0.3, -0.25) is 0 Å². The second-order valence-corrected chi connectivity index (χ2v) is 4.86. The Hall–Kier alpha value is -0.0800. The summed E-state index contributed by atoms with van der Waals surface area (Å²) in [5.41, 5.74) is 5.91. The van der Waals surface area contributed by atoms with Crippen LogP contribution in [0.3, 0.4) is 0 Å². The molecule has 2 heteroatoms. The average molecular weight is 198 g/mol. The minimum absolute atomic E-state index is 0.324. The van der Waals surface area contributed by atoms with Gasteiger partial charge in [0.25, 0.3) is 0 Å². The maximum atomic E-state index is 5.91. The number of nitrogens with two attached hydrogens (primary N) is 1. The van der Waals surface area contributed by atoms with E-state index in [2.05, 4.69) is 25.7 Å². The summed E-state index contributed by atoms with van der Waals surface area (Å²) in [6, 6.07) is 1.17. The predicted molar refractivity (Wildman–Crippen MR) is 62.3 cm³/mol. The molecule has 0 aliphatic heterocycles. The fraction of sp³-hybridized carbons (Fsp3) is 1.00. The first kappa shape index (κ1) is 12.0. The van der Waals surface area contributed by atoms with Crippen LogP contribution in [0.5, 0.6) is 0 Å². The fourth-order valence-electron chi connectivity index (χ4n) is 2.34. The topological polar surface area (TPSA) is 29.3 Å². The van der Waals surface area contributed by atoms with Crippen molar-refractivity contribution < 1.29 is 0 Å². The smallest absolute Gasteiger partial charge is 0.00952 e. The van der Waals surface area contributed by atoms with Crippen LogP contribution in [0.15, 0.2) is 0 Å². The molecule has 2 N–H and O–H groups in total. The van der Waals surface area contributed by atoms with Crippen LogP contribution in [0.25, 0.3) is 0 Å². The van der Waals surface area contributed by atoms with Gasteiger partial charge in [0.15, 0.2) is 0 Å². The van der Waals surface area contributed by atoms with Gasteiger partial charge in [0.1, 0.15) is 0 Å². The van der Waals surface area contributed by atoms with Gasteiger partial charge < -0.3 is 10.6 Å². The molecule has 1 aliphatic carbocycles. The lowest BCUT2D eigenvalue weighted by molar-refractivity contribution is 0.173. The Balaban J connectivity index is 2.37. The molecule has 2 unspecified atom stereocenters. The third-order valence-electron chi connectivity index (χ3n) is 3.67. The third-order valence-corrected chi connectivity index (χ3v) is 3.67. The van der Waals surface area contributed by atoms with E-state index in [1.54, 1.807) is 0 Å². The van der Waals surface area contributed by atoms with Crippen molar-refractivity contribution in [1.82, 2.24) is 4.90 Å². The van der Waals surface area contributed by atoms with E-state index in [0.717, 1.165) is 6.04 Å². The maximum absolute atomic E-state index is 5.91. The van der Waals surface area contributed by atoms with E-state index < -0.39 is 0 Å². The zero-order valence-electron chi connectivity index (χ0n) is 10.00. The van der Waals surface area contributed by atoms with Crippen LogP contribution in [0.1, 0.15) is 46.5 Å². The summed E-state index contributed by atoms with van der Waals surface area (Å²) in [6.07, 6.45) is 5.65. The molecule has 0 amide bonds. The molecule has 14 heavy (non-hydrogen) atoms. The first-order valence-corrected chi connectivity index (χ1v) is 6.14. The van der Waals surface area contributed by atoms with Crippen LogP contribution < -0.4 is 5.73 Å². The van der Waals surface area contributed by atoms with Crippen LogP contribution in [0.2, 0.25) is 0 Å². The SMILES string of the molecule is CCN(CC(C)C(C)N)C1CCCC1. The van der Waals surface area contributed by atoms with E-state index in [1.165, 1.54) is 38.8 Å². The molecule has 1 aliphatic rings. The van der Waals surface area contributed by atoms with Gasteiger partial charge in [0, 0.05) is 18.6 Å². The Morgan fingerprint density at radius 1 is 1.29 bits per heavy atom. The van der Waals surface area contributed by atoms with E-state index in [9.17, 15) is 0 Å². The van der Waals surface area contributed by atoms with Crippen molar-refractivity contribution in [3.63, 3.8) is 0 Å². The van der Waals surface area contributed by atoms with Crippen molar-refractivity contribution in [2.75, 3.05) is 13.1 Å². The summed E-state index contributed by atoms with van der Waals surface area (Å²) < 4.78 is 0. The molecule has 84 valence electrons. The zero-order chi connectivity index (χ0) is 10.6. The third kappa shape index (κ3) is 3.25. The first-order valence-electron chi connectivity index (χ1n) is 6.14. The largest absolute Gasteiger partial charge is 0.328 e. The van der Waals surface area contributed by atoms with Gasteiger partial charge in [-0.1, -0.05) is 26.7 Å². The Morgan fingerprint density at radius 2 is 1.86 bits per heavy atom. The lowest BCUT2D eigenvalue weighted by Crippen LogP contribution is -2.40.